The highest BCUT2D eigenvalue weighted by atomic mass is 32.2. The Kier molecular flexibility index (Phi) is 7.02. The molecule has 0 saturated heterocycles. The summed E-state index contributed by atoms with van der Waals surface area (Å²) in [5.41, 5.74) is 0.803. The second-order valence-corrected chi connectivity index (χ2v) is 15.2. The number of nitrogens with one attached hydrogen (secondary N) is 1. The van der Waals surface area contributed by atoms with Gasteiger partial charge in [-0.1, -0.05) is 39.2 Å². The number of fused-ring (bicyclic) bond motifs is 5. The zero-order valence-corrected chi connectivity index (χ0v) is 23.7. The summed E-state index contributed by atoms with van der Waals surface area (Å²) in [5, 5.41) is 18.4. The van der Waals surface area contributed by atoms with Crippen LogP contribution >= 0.6 is 0 Å². The summed E-state index contributed by atoms with van der Waals surface area (Å²) in [6.07, 6.45) is 13.9. The Morgan fingerprint density at radius 1 is 1.06 bits per heavy atom. The molecule has 10 atom stereocenters. The molecule has 2 N–H and O–H groups in total. The summed E-state index contributed by atoms with van der Waals surface area (Å²) >= 11 is 0. The average molecular weight is 522 g/mol. The SMILES string of the molecule is CC[C@H]1CC2C3CCC([C@H](C)CCc4nnc(NS(C)(=O)=O)o4)[C@@]3(C)CCC2[C@@]2(C)CC[C@@H](O)C[C@@H]12. The standard InChI is InChI=1S/C28H47N3O4S/c1-6-18-15-20-22-9-8-21(17(2)7-10-25-29-30-26(35-25)31-36(5,33)34)27(22,3)14-12-23(20)28(4)13-11-19(32)16-24(18)28/h17-24,32H,6-16H2,1-5H3,(H,30,31)/t17-,18+,19-,20?,21?,22?,23?,24+,27-,28-/m1/s1. The molecule has 36 heavy (non-hydrogen) atoms. The molecular formula is C28H47N3O4S. The van der Waals surface area contributed by atoms with Gasteiger partial charge < -0.3 is 9.52 Å². The Morgan fingerprint density at radius 3 is 2.50 bits per heavy atom. The number of rotatable bonds is 7. The molecule has 4 aliphatic carbocycles. The quantitative estimate of drug-likeness (QED) is 0.479. The number of aromatic nitrogens is 2. The van der Waals surface area contributed by atoms with E-state index in [9.17, 15) is 13.5 Å². The Morgan fingerprint density at radius 2 is 1.78 bits per heavy atom. The molecule has 0 amide bonds. The van der Waals surface area contributed by atoms with Gasteiger partial charge >= 0.3 is 6.01 Å². The minimum absolute atomic E-state index is 0.0452. The first-order valence-corrected chi connectivity index (χ1v) is 16.3. The summed E-state index contributed by atoms with van der Waals surface area (Å²) in [7, 11) is -3.42. The van der Waals surface area contributed by atoms with Gasteiger partial charge in [0, 0.05) is 6.42 Å². The largest absolute Gasteiger partial charge is 0.407 e. The lowest BCUT2D eigenvalue weighted by atomic mass is 9.42. The predicted octanol–water partition coefficient (Wildman–Crippen LogP) is 5.67. The van der Waals surface area contributed by atoms with Gasteiger partial charge in [-0.2, -0.15) is 0 Å². The summed E-state index contributed by atoms with van der Waals surface area (Å²) in [5.74, 6) is 5.71. The van der Waals surface area contributed by atoms with Crippen molar-refractivity contribution in [2.75, 3.05) is 11.0 Å². The lowest BCUT2D eigenvalue weighted by Gasteiger charge is -2.63. The van der Waals surface area contributed by atoms with Crippen LogP contribution in [0.15, 0.2) is 4.42 Å². The molecule has 7 nitrogen and oxygen atoms in total. The molecule has 4 unspecified atom stereocenters. The van der Waals surface area contributed by atoms with Crippen LogP contribution in [0.3, 0.4) is 0 Å². The van der Waals surface area contributed by atoms with Crippen LogP contribution in [0, 0.1) is 52.3 Å². The van der Waals surface area contributed by atoms with E-state index in [0.717, 1.165) is 49.2 Å². The number of aryl methyl sites for hydroxylation is 1. The van der Waals surface area contributed by atoms with E-state index in [-0.39, 0.29) is 12.1 Å². The van der Waals surface area contributed by atoms with Gasteiger partial charge in [0.1, 0.15) is 0 Å². The molecule has 0 aromatic carbocycles. The van der Waals surface area contributed by atoms with Crippen LogP contribution in [0.25, 0.3) is 0 Å². The van der Waals surface area contributed by atoms with Crippen molar-refractivity contribution in [3.8, 4) is 0 Å². The number of sulfonamides is 1. The van der Waals surface area contributed by atoms with E-state index < -0.39 is 10.0 Å². The molecule has 0 spiro atoms. The molecule has 4 fully saturated rings. The number of hydrogen-bond donors (Lipinski definition) is 2. The summed E-state index contributed by atoms with van der Waals surface area (Å²) < 4.78 is 30.6. The summed E-state index contributed by atoms with van der Waals surface area (Å²) in [6.45, 7) is 9.97. The molecule has 0 radical (unpaired) electrons. The Balaban J connectivity index is 1.27. The van der Waals surface area contributed by atoms with E-state index >= 15 is 0 Å². The first-order chi connectivity index (χ1) is 16.9. The van der Waals surface area contributed by atoms with Crippen LogP contribution in [0.2, 0.25) is 0 Å². The highest BCUT2D eigenvalue weighted by Gasteiger charge is 2.62. The van der Waals surface area contributed by atoms with Gasteiger partial charge in [0.15, 0.2) is 0 Å². The normalized spacial score (nSPS) is 43.3. The number of hydrogen-bond acceptors (Lipinski definition) is 6. The van der Waals surface area contributed by atoms with Gasteiger partial charge in [0.25, 0.3) is 0 Å². The van der Waals surface area contributed by atoms with Crippen molar-refractivity contribution in [3.63, 3.8) is 0 Å². The van der Waals surface area contributed by atoms with Gasteiger partial charge in [0.05, 0.1) is 12.4 Å². The molecule has 1 heterocycles. The molecule has 1 aromatic rings. The predicted molar refractivity (Wildman–Crippen MR) is 141 cm³/mol. The second-order valence-electron chi connectivity index (χ2n) is 13.4. The third kappa shape index (κ3) is 4.63. The van der Waals surface area contributed by atoms with Gasteiger partial charge in [-0.15, -0.1) is 5.10 Å². The fourth-order valence-electron chi connectivity index (χ4n) is 10.0. The molecule has 8 heteroatoms. The van der Waals surface area contributed by atoms with E-state index in [4.69, 9.17) is 4.42 Å². The van der Waals surface area contributed by atoms with Crippen molar-refractivity contribution < 1.29 is 17.9 Å². The van der Waals surface area contributed by atoms with Crippen molar-refractivity contribution in [1.29, 1.82) is 0 Å². The third-order valence-corrected chi connectivity index (χ3v) is 12.2. The van der Waals surface area contributed by atoms with Crippen molar-refractivity contribution in [1.82, 2.24) is 10.2 Å². The first-order valence-electron chi connectivity index (χ1n) is 14.4. The second kappa shape index (κ2) is 9.55. The van der Waals surface area contributed by atoms with Crippen molar-refractivity contribution in [2.45, 2.75) is 104 Å². The maximum Gasteiger partial charge on any atom is 0.329 e. The minimum Gasteiger partial charge on any atom is -0.407 e. The van der Waals surface area contributed by atoms with E-state index in [1.165, 1.54) is 44.9 Å². The Bertz CT molecular complexity index is 1040. The average Bonchev–Trinajstić information content (AvgIpc) is 3.39. The zero-order valence-electron chi connectivity index (χ0n) is 22.9. The van der Waals surface area contributed by atoms with Gasteiger partial charge in [-0.25, -0.2) is 13.1 Å². The molecular weight excluding hydrogens is 474 g/mol. The van der Waals surface area contributed by atoms with E-state index in [1.807, 2.05) is 0 Å². The van der Waals surface area contributed by atoms with Crippen molar-refractivity contribution >= 4 is 16.0 Å². The molecule has 0 bridgehead atoms. The van der Waals surface area contributed by atoms with Crippen LogP contribution in [-0.2, 0) is 16.4 Å². The van der Waals surface area contributed by atoms with Gasteiger partial charge in [-0.3, -0.25) is 0 Å². The molecule has 5 rings (SSSR count). The summed E-state index contributed by atoms with van der Waals surface area (Å²) in [6, 6.07) is -0.0452. The Labute approximate surface area is 217 Å². The van der Waals surface area contributed by atoms with Crippen LogP contribution in [-0.4, -0.2) is 36.1 Å². The fraction of sp³-hybridized carbons (Fsp3) is 0.929. The molecule has 204 valence electrons. The number of nitrogens with zero attached hydrogens (tertiary/aromatic N) is 2. The van der Waals surface area contributed by atoms with Crippen molar-refractivity contribution in [3.05, 3.63) is 5.89 Å². The maximum absolute atomic E-state index is 11.4. The fourth-order valence-corrected chi connectivity index (χ4v) is 10.4. The first kappa shape index (κ1) is 26.5. The topological polar surface area (TPSA) is 105 Å². The van der Waals surface area contributed by atoms with Crippen LogP contribution in [0.1, 0.15) is 97.8 Å². The summed E-state index contributed by atoms with van der Waals surface area (Å²) in [4.78, 5) is 0. The number of anilines is 1. The Hall–Kier alpha value is -1.15. The van der Waals surface area contributed by atoms with Crippen LogP contribution in [0.5, 0.6) is 0 Å². The third-order valence-electron chi connectivity index (χ3n) is 11.7. The monoisotopic (exact) mass is 521 g/mol. The molecule has 0 aliphatic heterocycles. The maximum atomic E-state index is 11.4. The molecule has 4 aliphatic rings. The van der Waals surface area contributed by atoms with E-state index in [1.54, 1.807) is 0 Å². The molecule has 1 aromatic heterocycles. The van der Waals surface area contributed by atoms with Gasteiger partial charge in [-0.05, 0) is 110 Å². The van der Waals surface area contributed by atoms with Crippen LogP contribution in [0.4, 0.5) is 6.01 Å². The highest BCUT2D eigenvalue weighted by Crippen LogP contribution is 2.69. The lowest BCUT2D eigenvalue weighted by molar-refractivity contribution is -0.152. The van der Waals surface area contributed by atoms with E-state index in [0.29, 0.717) is 40.9 Å². The lowest BCUT2D eigenvalue weighted by Crippen LogP contribution is -2.56. The van der Waals surface area contributed by atoms with E-state index in [2.05, 4.69) is 42.6 Å². The number of aliphatic hydroxyl groups is 1. The number of aliphatic hydroxyl groups excluding tert-OH is 1. The van der Waals surface area contributed by atoms with Crippen LogP contribution < -0.4 is 4.72 Å². The van der Waals surface area contributed by atoms with Crippen molar-refractivity contribution in [2.24, 2.45) is 52.3 Å². The minimum atomic E-state index is -3.42. The highest BCUT2D eigenvalue weighted by molar-refractivity contribution is 7.91. The van der Waals surface area contributed by atoms with Gasteiger partial charge in [0.2, 0.25) is 15.9 Å². The zero-order chi connectivity index (χ0) is 25.9. The molecule has 4 saturated carbocycles. The smallest absolute Gasteiger partial charge is 0.329 e.